The lowest BCUT2D eigenvalue weighted by atomic mass is 9.90. The third kappa shape index (κ3) is 2.78. The smallest absolute Gasteiger partial charge is 0.257 e. The van der Waals surface area contributed by atoms with Crippen molar-refractivity contribution in [2.45, 2.75) is 32.7 Å². The molecule has 0 spiro atoms. The van der Waals surface area contributed by atoms with Gasteiger partial charge in [-0.1, -0.05) is 18.6 Å². The number of hydrogen-bond donors (Lipinski definition) is 1. The van der Waals surface area contributed by atoms with Gasteiger partial charge in [0.15, 0.2) is 0 Å². The Balaban J connectivity index is 2.29. The monoisotopic (exact) mass is 265 g/mol. The molecular formula is C15H20FNO2. The fraction of sp³-hybridized carbons (Fsp3) is 0.533. The molecule has 0 radical (unpaired) electrons. The fourth-order valence-electron chi connectivity index (χ4n) is 2.74. The molecule has 1 aliphatic heterocycles. The molecule has 1 aromatic carbocycles. The number of benzene rings is 1. The summed E-state index contributed by atoms with van der Waals surface area (Å²) in [5.41, 5.74) is 0.961. The van der Waals surface area contributed by atoms with Gasteiger partial charge in [0.05, 0.1) is 18.2 Å². The molecule has 1 aliphatic rings. The lowest BCUT2D eigenvalue weighted by molar-refractivity contribution is 0.0354. The first kappa shape index (κ1) is 14.0. The van der Waals surface area contributed by atoms with Crippen LogP contribution in [0.4, 0.5) is 4.39 Å². The number of aliphatic hydroxyl groups excluding tert-OH is 1. The van der Waals surface area contributed by atoms with Gasteiger partial charge in [-0.3, -0.25) is 4.79 Å². The van der Waals surface area contributed by atoms with Crippen LogP contribution in [0.1, 0.15) is 35.7 Å². The summed E-state index contributed by atoms with van der Waals surface area (Å²) in [4.78, 5) is 14.1. The van der Waals surface area contributed by atoms with Crippen LogP contribution in [0.3, 0.4) is 0 Å². The second-order valence-electron chi connectivity index (χ2n) is 5.35. The Morgan fingerprint density at radius 1 is 1.53 bits per heavy atom. The van der Waals surface area contributed by atoms with Gasteiger partial charge in [-0.05, 0) is 37.8 Å². The largest absolute Gasteiger partial charge is 0.394 e. The molecule has 0 bridgehead atoms. The second-order valence-corrected chi connectivity index (χ2v) is 5.35. The van der Waals surface area contributed by atoms with Gasteiger partial charge in [-0.2, -0.15) is 0 Å². The highest BCUT2D eigenvalue weighted by molar-refractivity contribution is 5.95. The van der Waals surface area contributed by atoms with Crippen molar-refractivity contribution < 1.29 is 14.3 Å². The maximum Gasteiger partial charge on any atom is 0.257 e. The van der Waals surface area contributed by atoms with Gasteiger partial charge >= 0.3 is 0 Å². The number of nitrogens with zero attached hydrogens (tertiary/aromatic N) is 1. The quantitative estimate of drug-likeness (QED) is 0.891. The standard InChI is InChI=1S/C15H20FNO2/c1-10-5-6-13(16)12(8-10)15(19)17-7-3-4-11(2)14(17)9-18/h5-6,8,11,14,18H,3-4,7,9H2,1-2H3. The number of rotatable bonds is 2. The van der Waals surface area contributed by atoms with Crippen LogP contribution >= 0.6 is 0 Å². The zero-order valence-corrected chi connectivity index (χ0v) is 11.4. The van der Waals surface area contributed by atoms with Crippen LogP contribution in [-0.2, 0) is 0 Å². The lowest BCUT2D eigenvalue weighted by Gasteiger charge is -2.39. The van der Waals surface area contributed by atoms with E-state index in [0.717, 1.165) is 18.4 Å². The Labute approximate surface area is 113 Å². The van der Waals surface area contributed by atoms with Gasteiger partial charge < -0.3 is 10.0 Å². The van der Waals surface area contributed by atoms with Gasteiger partial charge in [-0.15, -0.1) is 0 Å². The topological polar surface area (TPSA) is 40.5 Å². The number of halogens is 1. The van der Waals surface area contributed by atoms with Crippen LogP contribution < -0.4 is 0 Å². The van der Waals surface area contributed by atoms with E-state index >= 15 is 0 Å². The molecule has 2 unspecified atom stereocenters. The van der Waals surface area contributed by atoms with Crippen LogP contribution in [0, 0.1) is 18.7 Å². The molecule has 1 amide bonds. The first-order chi connectivity index (χ1) is 9.04. The minimum atomic E-state index is -0.495. The Morgan fingerprint density at radius 2 is 2.26 bits per heavy atom. The van der Waals surface area contributed by atoms with E-state index in [0.29, 0.717) is 6.54 Å². The summed E-state index contributed by atoms with van der Waals surface area (Å²) in [6.45, 7) is 4.37. The average Bonchev–Trinajstić information content (AvgIpc) is 2.40. The summed E-state index contributed by atoms with van der Waals surface area (Å²) >= 11 is 0. The van der Waals surface area contributed by atoms with E-state index in [1.807, 2.05) is 13.8 Å². The molecule has 1 saturated heterocycles. The van der Waals surface area contributed by atoms with Crippen molar-refractivity contribution in [3.8, 4) is 0 Å². The highest BCUT2D eigenvalue weighted by Gasteiger charge is 2.32. The number of carbonyl (C=O) groups is 1. The summed E-state index contributed by atoms with van der Waals surface area (Å²) in [6.07, 6.45) is 1.89. The van der Waals surface area contributed by atoms with E-state index in [2.05, 4.69) is 0 Å². The van der Waals surface area contributed by atoms with E-state index < -0.39 is 5.82 Å². The van der Waals surface area contributed by atoms with Crippen LogP contribution in [0.5, 0.6) is 0 Å². The number of aryl methyl sites for hydroxylation is 1. The van der Waals surface area contributed by atoms with Crippen molar-refractivity contribution in [2.24, 2.45) is 5.92 Å². The molecule has 0 aliphatic carbocycles. The minimum absolute atomic E-state index is 0.0691. The Bertz CT molecular complexity index is 475. The maximum atomic E-state index is 13.8. The molecular weight excluding hydrogens is 245 g/mol. The number of likely N-dealkylation sites (tertiary alicyclic amines) is 1. The molecule has 1 N–H and O–H groups in total. The van der Waals surface area contributed by atoms with Gasteiger partial charge in [0.2, 0.25) is 0 Å². The van der Waals surface area contributed by atoms with Crippen LogP contribution in [0.2, 0.25) is 0 Å². The number of hydrogen-bond acceptors (Lipinski definition) is 2. The highest BCUT2D eigenvalue weighted by Crippen LogP contribution is 2.25. The van der Waals surface area contributed by atoms with Crippen molar-refractivity contribution in [1.29, 1.82) is 0 Å². The first-order valence-electron chi connectivity index (χ1n) is 6.72. The average molecular weight is 265 g/mol. The Hall–Kier alpha value is -1.42. The Morgan fingerprint density at radius 3 is 2.95 bits per heavy atom. The summed E-state index contributed by atoms with van der Waals surface area (Å²) in [7, 11) is 0. The molecule has 2 atom stereocenters. The van der Waals surface area contributed by atoms with Crippen molar-refractivity contribution in [3.63, 3.8) is 0 Å². The van der Waals surface area contributed by atoms with Crippen molar-refractivity contribution >= 4 is 5.91 Å². The van der Waals surface area contributed by atoms with Crippen LogP contribution in [0.15, 0.2) is 18.2 Å². The molecule has 1 aromatic rings. The Kier molecular flexibility index (Phi) is 4.20. The van der Waals surface area contributed by atoms with Crippen molar-refractivity contribution in [3.05, 3.63) is 35.1 Å². The van der Waals surface area contributed by atoms with E-state index in [4.69, 9.17) is 0 Å². The van der Waals surface area contributed by atoms with Gasteiger partial charge in [0, 0.05) is 6.54 Å². The molecule has 4 heteroatoms. The van der Waals surface area contributed by atoms with Crippen molar-refractivity contribution in [2.75, 3.05) is 13.2 Å². The number of aliphatic hydroxyl groups is 1. The van der Waals surface area contributed by atoms with Crippen LogP contribution in [-0.4, -0.2) is 35.1 Å². The summed E-state index contributed by atoms with van der Waals surface area (Å²) in [5.74, 6) is -0.562. The van der Waals surface area contributed by atoms with E-state index in [-0.39, 0.29) is 30.0 Å². The van der Waals surface area contributed by atoms with E-state index in [9.17, 15) is 14.3 Å². The second kappa shape index (κ2) is 5.70. The lowest BCUT2D eigenvalue weighted by Crippen LogP contribution is -2.49. The predicted molar refractivity (Wildman–Crippen MR) is 71.4 cm³/mol. The maximum absolute atomic E-state index is 13.8. The highest BCUT2D eigenvalue weighted by atomic mass is 19.1. The molecule has 19 heavy (non-hydrogen) atoms. The first-order valence-corrected chi connectivity index (χ1v) is 6.72. The van der Waals surface area contributed by atoms with Crippen molar-refractivity contribution in [1.82, 2.24) is 4.90 Å². The van der Waals surface area contributed by atoms with Gasteiger partial charge in [0.25, 0.3) is 5.91 Å². The molecule has 1 heterocycles. The molecule has 2 rings (SSSR count). The fourth-order valence-corrected chi connectivity index (χ4v) is 2.74. The molecule has 1 fully saturated rings. The van der Waals surface area contributed by atoms with Gasteiger partial charge in [0.1, 0.15) is 5.82 Å². The van der Waals surface area contributed by atoms with E-state index in [1.165, 1.54) is 6.07 Å². The summed E-state index contributed by atoms with van der Waals surface area (Å²) in [6, 6.07) is 4.34. The zero-order valence-electron chi connectivity index (χ0n) is 11.4. The number of piperidine rings is 1. The van der Waals surface area contributed by atoms with Crippen LogP contribution in [0.25, 0.3) is 0 Å². The SMILES string of the molecule is Cc1ccc(F)c(C(=O)N2CCCC(C)C2CO)c1. The molecule has 3 nitrogen and oxygen atoms in total. The molecule has 0 saturated carbocycles. The van der Waals surface area contributed by atoms with E-state index in [1.54, 1.807) is 17.0 Å². The van der Waals surface area contributed by atoms with Gasteiger partial charge in [-0.25, -0.2) is 4.39 Å². The predicted octanol–water partition coefficient (Wildman–Crippen LogP) is 2.37. The number of carbonyl (C=O) groups excluding carboxylic acids is 1. The third-order valence-electron chi connectivity index (χ3n) is 3.92. The summed E-state index contributed by atoms with van der Waals surface area (Å²) in [5, 5.41) is 9.46. The third-order valence-corrected chi connectivity index (χ3v) is 3.92. The normalized spacial score (nSPS) is 23.5. The minimum Gasteiger partial charge on any atom is -0.394 e. The number of amides is 1. The molecule has 0 aromatic heterocycles. The summed E-state index contributed by atoms with van der Waals surface area (Å²) < 4.78 is 13.8. The zero-order chi connectivity index (χ0) is 14.0. The molecule has 104 valence electrons.